The molecule has 0 bridgehead atoms. The molecule has 0 radical (unpaired) electrons. The SMILES string of the molecule is COc1ccc(NC(=O)c2cc(C(=O)Nc3cccc(Cl)c3)ccn2)cc1. The average molecular weight is 382 g/mol. The lowest BCUT2D eigenvalue weighted by atomic mass is 10.2. The number of ether oxygens (including phenoxy) is 1. The molecule has 3 aromatic rings. The van der Waals surface area contributed by atoms with Crippen molar-refractivity contribution in [2.24, 2.45) is 0 Å². The molecule has 0 unspecified atom stereocenters. The first-order valence-corrected chi connectivity index (χ1v) is 8.41. The molecule has 0 saturated heterocycles. The van der Waals surface area contributed by atoms with E-state index in [9.17, 15) is 9.59 Å². The molecule has 2 amide bonds. The lowest BCUT2D eigenvalue weighted by Crippen LogP contribution is -2.17. The largest absolute Gasteiger partial charge is 0.497 e. The first-order chi connectivity index (χ1) is 13.0. The van der Waals surface area contributed by atoms with E-state index < -0.39 is 5.91 Å². The monoisotopic (exact) mass is 381 g/mol. The molecule has 0 aliphatic heterocycles. The van der Waals surface area contributed by atoms with Crippen molar-refractivity contribution in [2.75, 3.05) is 17.7 Å². The van der Waals surface area contributed by atoms with Crippen molar-refractivity contribution in [2.45, 2.75) is 0 Å². The van der Waals surface area contributed by atoms with Crippen LogP contribution in [0.25, 0.3) is 0 Å². The number of nitrogens with one attached hydrogen (secondary N) is 2. The topological polar surface area (TPSA) is 80.3 Å². The summed E-state index contributed by atoms with van der Waals surface area (Å²) in [6, 6.07) is 16.7. The third kappa shape index (κ3) is 4.83. The Kier molecular flexibility index (Phi) is 5.68. The molecule has 27 heavy (non-hydrogen) atoms. The molecule has 0 saturated carbocycles. The van der Waals surface area contributed by atoms with Gasteiger partial charge in [-0.15, -0.1) is 0 Å². The highest BCUT2D eigenvalue weighted by molar-refractivity contribution is 6.31. The van der Waals surface area contributed by atoms with Crippen LogP contribution in [-0.2, 0) is 0 Å². The Labute approximate surface area is 161 Å². The Morgan fingerprint density at radius 2 is 1.67 bits per heavy atom. The number of methoxy groups -OCH3 is 1. The van der Waals surface area contributed by atoms with Crippen molar-refractivity contribution in [3.8, 4) is 5.75 Å². The Hall–Kier alpha value is -3.38. The van der Waals surface area contributed by atoms with Crippen molar-refractivity contribution < 1.29 is 14.3 Å². The zero-order valence-electron chi connectivity index (χ0n) is 14.4. The molecular formula is C20H16ClN3O3. The maximum Gasteiger partial charge on any atom is 0.274 e. The number of benzene rings is 2. The molecular weight excluding hydrogens is 366 g/mol. The van der Waals surface area contributed by atoms with E-state index in [0.29, 0.717) is 27.7 Å². The van der Waals surface area contributed by atoms with Crippen LogP contribution in [0.15, 0.2) is 66.9 Å². The summed E-state index contributed by atoms with van der Waals surface area (Å²) < 4.78 is 5.08. The minimum absolute atomic E-state index is 0.129. The van der Waals surface area contributed by atoms with Crippen molar-refractivity contribution in [1.82, 2.24) is 4.98 Å². The summed E-state index contributed by atoms with van der Waals surface area (Å²) >= 11 is 5.92. The van der Waals surface area contributed by atoms with Gasteiger partial charge < -0.3 is 15.4 Å². The number of rotatable bonds is 5. The van der Waals surface area contributed by atoms with E-state index in [1.165, 1.54) is 18.3 Å². The van der Waals surface area contributed by atoms with Gasteiger partial charge in [0.25, 0.3) is 11.8 Å². The van der Waals surface area contributed by atoms with E-state index in [4.69, 9.17) is 16.3 Å². The number of nitrogens with zero attached hydrogens (tertiary/aromatic N) is 1. The summed E-state index contributed by atoms with van der Waals surface area (Å²) in [6.07, 6.45) is 1.41. The second kappa shape index (κ2) is 8.33. The summed E-state index contributed by atoms with van der Waals surface area (Å²) in [6.45, 7) is 0. The number of amides is 2. The van der Waals surface area contributed by atoms with Crippen LogP contribution in [0.4, 0.5) is 11.4 Å². The van der Waals surface area contributed by atoms with Gasteiger partial charge in [-0.25, -0.2) is 0 Å². The highest BCUT2D eigenvalue weighted by atomic mass is 35.5. The summed E-state index contributed by atoms with van der Waals surface area (Å²) in [7, 11) is 1.57. The molecule has 136 valence electrons. The number of hydrogen-bond acceptors (Lipinski definition) is 4. The Morgan fingerprint density at radius 3 is 2.37 bits per heavy atom. The molecule has 0 aliphatic carbocycles. The minimum Gasteiger partial charge on any atom is -0.497 e. The van der Waals surface area contributed by atoms with E-state index >= 15 is 0 Å². The molecule has 0 aliphatic rings. The van der Waals surface area contributed by atoms with Crippen molar-refractivity contribution in [3.05, 3.63) is 83.1 Å². The van der Waals surface area contributed by atoms with Crippen LogP contribution < -0.4 is 15.4 Å². The number of halogens is 1. The van der Waals surface area contributed by atoms with Crippen LogP contribution in [0.3, 0.4) is 0 Å². The zero-order chi connectivity index (χ0) is 19.2. The fraction of sp³-hybridized carbons (Fsp3) is 0.0500. The first kappa shape index (κ1) is 18.4. The number of pyridine rings is 1. The number of anilines is 2. The number of hydrogen-bond donors (Lipinski definition) is 2. The second-order valence-corrected chi connectivity index (χ2v) is 6.01. The van der Waals surface area contributed by atoms with Gasteiger partial charge in [-0.3, -0.25) is 14.6 Å². The quantitative estimate of drug-likeness (QED) is 0.692. The zero-order valence-corrected chi connectivity index (χ0v) is 15.2. The highest BCUT2D eigenvalue weighted by Gasteiger charge is 2.12. The standard InChI is InChI=1S/C20H16ClN3O3/c1-27-17-7-5-15(6-8-17)23-20(26)18-11-13(9-10-22-18)19(25)24-16-4-2-3-14(21)12-16/h2-12H,1H3,(H,23,26)(H,24,25). The summed E-state index contributed by atoms with van der Waals surface area (Å²) in [5.41, 5.74) is 1.60. The minimum atomic E-state index is -0.419. The molecule has 2 N–H and O–H groups in total. The molecule has 0 fully saturated rings. The molecule has 7 heteroatoms. The van der Waals surface area contributed by atoms with Gasteiger partial charge in [0.05, 0.1) is 7.11 Å². The normalized spacial score (nSPS) is 10.1. The van der Waals surface area contributed by atoms with Crippen LogP contribution in [0, 0.1) is 0 Å². The third-order valence-electron chi connectivity index (χ3n) is 3.69. The van der Waals surface area contributed by atoms with Crippen LogP contribution >= 0.6 is 11.6 Å². The Balaban J connectivity index is 1.71. The van der Waals surface area contributed by atoms with E-state index in [1.54, 1.807) is 55.6 Å². The van der Waals surface area contributed by atoms with E-state index in [2.05, 4.69) is 15.6 Å². The van der Waals surface area contributed by atoms with Gasteiger partial charge >= 0.3 is 0 Å². The molecule has 0 spiro atoms. The maximum atomic E-state index is 12.4. The lowest BCUT2D eigenvalue weighted by Gasteiger charge is -2.08. The number of carbonyl (C=O) groups excluding carboxylic acids is 2. The van der Waals surface area contributed by atoms with E-state index in [0.717, 1.165) is 0 Å². The van der Waals surface area contributed by atoms with Gasteiger partial charge in [-0.1, -0.05) is 17.7 Å². The summed E-state index contributed by atoms with van der Waals surface area (Å²) in [5.74, 6) is -0.0958. The van der Waals surface area contributed by atoms with Gasteiger partial charge in [-0.2, -0.15) is 0 Å². The Bertz CT molecular complexity index is 974. The molecule has 1 aromatic heterocycles. The van der Waals surface area contributed by atoms with E-state index in [-0.39, 0.29) is 11.6 Å². The molecule has 0 atom stereocenters. The summed E-state index contributed by atoms with van der Waals surface area (Å²) in [5, 5.41) is 5.97. The predicted molar refractivity (Wildman–Crippen MR) is 105 cm³/mol. The second-order valence-electron chi connectivity index (χ2n) is 5.58. The van der Waals surface area contributed by atoms with Crippen LogP contribution in [0.1, 0.15) is 20.8 Å². The van der Waals surface area contributed by atoms with Crippen LogP contribution in [-0.4, -0.2) is 23.9 Å². The van der Waals surface area contributed by atoms with Gasteiger partial charge in [0, 0.05) is 28.2 Å². The van der Waals surface area contributed by atoms with Crippen molar-refractivity contribution in [3.63, 3.8) is 0 Å². The molecule has 6 nitrogen and oxygen atoms in total. The fourth-order valence-corrected chi connectivity index (χ4v) is 2.53. The third-order valence-corrected chi connectivity index (χ3v) is 3.92. The van der Waals surface area contributed by atoms with Gasteiger partial charge in [0.1, 0.15) is 11.4 Å². The molecule has 3 rings (SSSR count). The van der Waals surface area contributed by atoms with Gasteiger partial charge in [0.15, 0.2) is 0 Å². The number of carbonyl (C=O) groups is 2. The fourth-order valence-electron chi connectivity index (χ4n) is 2.33. The first-order valence-electron chi connectivity index (χ1n) is 8.03. The number of aromatic nitrogens is 1. The molecule has 1 heterocycles. The highest BCUT2D eigenvalue weighted by Crippen LogP contribution is 2.17. The Morgan fingerprint density at radius 1 is 0.926 bits per heavy atom. The molecule has 2 aromatic carbocycles. The lowest BCUT2D eigenvalue weighted by molar-refractivity contribution is 0.102. The average Bonchev–Trinajstić information content (AvgIpc) is 2.68. The van der Waals surface area contributed by atoms with Crippen LogP contribution in [0.2, 0.25) is 5.02 Å². The smallest absolute Gasteiger partial charge is 0.274 e. The van der Waals surface area contributed by atoms with Crippen molar-refractivity contribution >= 4 is 34.8 Å². The van der Waals surface area contributed by atoms with Gasteiger partial charge in [0.2, 0.25) is 0 Å². The van der Waals surface area contributed by atoms with Crippen LogP contribution in [0.5, 0.6) is 5.75 Å². The van der Waals surface area contributed by atoms with Gasteiger partial charge in [-0.05, 0) is 54.6 Å². The van der Waals surface area contributed by atoms with E-state index in [1.807, 2.05) is 0 Å². The predicted octanol–water partition coefficient (Wildman–Crippen LogP) is 4.25. The van der Waals surface area contributed by atoms with Crippen molar-refractivity contribution in [1.29, 1.82) is 0 Å². The maximum absolute atomic E-state index is 12.4. The summed E-state index contributed by atoms with van der Waals surface area (Å²) in [4.78, 5) is 28.8.